The molecule has 0 radical (unpaired) electrons. The minimum absolute atomic E-state index is 0.194. The Labute approximate surface area is 73.6 Å². The van der Waals surface area contributed by atoms with Crippen LogP contribution < -0.4 is 0 Å². The van der Waals surface area contributed by atoms with E-state index in [-0.39, 0.29) is 12.5 Å². The first-order valence-corrected chi connectivity index (χ1v) is 4.44. The van der Waals surface area contributed by atoms with Crippen LogP contribution in [-0.4, -0.2) is 35.5 Å². The predicted octanol–water partition coefficient (Wildman–Crippen LogP) is 0.770. The van der Waals surface area contributed by atoms with E-state index in [1.165, 1.54) is 0 Å². The van der Waals surface area contributed by atoms with Crippen molar-refractivity contribution < 1.29 is 5.11 Å². The SMILES string of the molecule is [N-]=[N+]=NC[C@@H](O)[C@H]1CCN(P)C1. The van der Waals surface area contributed by atoms with E-state index in [1.54, 1.807) is 0 Å². The van der Waals surface area contributed by atoms with Crippen molar-refractivity contribution in [2.24, 2.45) is 11.0 Å². The molecule has 1 rings (SSSR count). The highest BCUT2D eigenvalue weighted by molar-refractivity contribution is 7.13. The van der Waals surface area contributed by atoms with Crippen LogP contribution in [0.2, 0.25) is 0 Å². The fourth-order valence-corrected chi connectivity index (χ4v) is 1.82. The number of aliphatic hydroxyl groups is 1. The van der Waals surface area contributed by atoms with Crippen molar-refractivity contribution in [3.05, 3.63) is 10.4 Å². The smallest absolute Gasteiger partial charge is 0.0637 e. The Morgan fingerprint density at radius 1 is 1.83 bits per heavy atom. The third kappa shape index (κ3) is 2.61. The van der Waals surface area contributed by atoms with E-state index >= 15 is 0 Å². The monoisotopic (exact) mass is 188 g/mol. The second kappa shape index (κ2) is 4.63. The van der Waals surface area contributed by atoms with Gasteiger partial charge in [0.2, 0.25) is 0 Å². The van der Waals surface area contributed by atoms with Gasteiger partial charge < -0.3 is 5.11 Å². The number of rotatable bonds is 3. The van der Waals surface area contributed by atoms with Gasteiger partial charge in [0.25, 0.3) is 0 Å². The molecule has 0 spiro atoms. The summed E-state index contributed by atoms with van der Waals surface area (Å²) in [5.74, 6) is 0.257. The summed E-state index contributed by atoms with van der Waals surface area (Å²) >= 11 is 0. The summed E-state index contributed by atoms with van der Waals surface area (Å²) in [6.45, 7) is 2.05. The van der Waals surface area contributed by atoms with E-state index in [2.05, 4.69) is 24.1 Å². The lowest BCUT2D eigenvalue weighted by molar-refractivity contribution is 0.122. The summed E-state index contributed by atoms with van der Waals surface area (Å²) < 4.78 is 2.09. The quantitative estimate of drug-likeness (QED) is 0.307. The second-order valence-corrected chi connectivity index (χ2v) is 3.75. The first kappa shape index (κ1) is 9.75. The minimum Gasteiger partial charge on any atom is -0.393 e. The van der Waals surface area contributed by atoms with Crippen molar-refractivity contribution in [3.8, 4) is 0 Å². The summed E-state index contributed by atoms with van der Waals surface area (Å²) in [4.78, 5) is 2.61. The molecule has 5 nitrogen and oxygen atoms in total. The van der Waals surface area contributed by atoms with Gasteiger partial charge in [-0.1, -0.05) is 14.5 Å². The maximum atomic E-state index is 9.50. The Morgan fingerprint density at radius 2 is 2.58 bits per heavy atom. The van der Waals surface area contributed by atoms with Crippen LogP contribution in [0, 0.1) is 5.92 Å². The first-order chi connectivity index (χ1) is 5.74. The number of aliphatic hydroxyl groups excluding tert-OH is 1. The van der Waals surface area contributed by atoms with E-state index < -0.39 is 6.10 Å². The van der Waals surface area contributed by atoms with Gasteiger partial charge in [-0.3, -0.25) is 4.67 Å². The average molecular weight is 188 g/mol. The van der Waals surface area contributed by atoms with Crippen LogP contribution in [0.4, 0.5) is 0 Å². The van der Waals surface area contributed by atoms with Gasteiger partial charge in [0, 0.05) is 18.0 Å². The molecule has 1 N–H and O–H groups in total. The molecule has 0 amide bonds. The van der Waals surface area contributed by atoms with Crippen molar-refractivity contribution in [1.82, 2.24) is 4.67 Å². The van der Waals surface area contributed by atoms with Crippen molar-refractivity contribution in [3.63, 3.8) is 0 Å². The predicted molar refractivity (Wildman–Crippen MR) is 49.4 cm³/mol. The highest BCUT2D eigenvalue weighted by atomic mass is 31.0. The Bertz CT molecular complexity index is 194. The average Bonchev–Trinajstić information content (AvgIpc) is 2.47. The number of hydrogen-bond donors (Lipinski definition) is 1. The fraction of sp³-hybridized carbons (Fsp3) is 1.00. The zero-order valence-electron chi connectivity index (χ0n) is 6.80. The number of azide groups is 1. The fourth-order valence-electron chi connectivity index (χ4n) is 1.40. The van der Waals surface area contributed by atoms with Crippen molar-refractivity contribution in [2.75, 3.05) is 19.6 Å². The Balaban J connectivity index is 2.32. The largest absolute Gasteiger partial charge is 0.393 e. The molecule has 6 heteroatoms. The van der Waals surface area contributed by atoms with E-state index in [4.69, 9.17) is 5.53 Å². The van der Waals surface area contributed by atoms with E-state index in [9.17, 15) is 5.11 Å². The number of hydrogen-bond acceptors (Lipinski definition) is 3. The summed E-state index contributed by atoms with van der Waals surface area (Å²) in [5.41, 5.74) is 8.04. The molecule has 1 aliphatic heterocycles. The molecule has 1 unspecified atom stereocenters. The van der Waals surface area contributed by atoms with Crippen LogP contribution in [0.25, 0.3) is 10.4 Å². The van der Waals surface area contributed by atoms with Gasteiger partial charge in [-0.15, -0.1) is 0 Å². The molecular weight excluding hydrogens is 175 g/mol. The third-order valence-electron chi connectivity index (χ3n) is 2.13. The van der Waals surface area contributed by atoms with Gasteiger partial charge in [0.1, 0.15) is 0 Å². The maximum absolute atomic E-state index is 9.50. The van der Waals surface area contributed by atoms with E-state index in [0.29, 0.717) is 0 Å². The van der Waals surface area contributed by atoms with Crippen LogP contribution in [0.3, 0.4) is 0 Å². The van der Waals surface area contributed by atoms with Crippen LogP contribution in [-0.2, 0) is 0 Å². The van der Waals surface area contributed by atoms with E-state index in [0.717, 1.165) is 19.5 Å². The molecule has 3 atom stereocenters. The van der Waals surface area contributed by atoms with Gasteiger partial charge in [-0.05, 0) is 17.9 Å². The lowest BCUT2D eigenvalue weighted by atomic mass is 10.0. The first-order valence-electron chi connectivity index (χ1n) is 3.92. The highest BCUT2D eigenvalue weighted by Gasteiger charge is 2.25. The van der Waals surface area contributed by atoms with Crippen molar-refractivity contribution in [1.29, 1.82) is 0 Å². The molecule has 1 aliphatic rings. The second-order valence-electron chi connectivity index (χ2n) is 3.02. The molecule has 0 saturated carbocycles. The molecule has 0 bridgehead atoms. The van der Waals surface area contributed by atoms with E-state index in [1.807, 2.05) is 0 Å². The Morgan fingerprint density at radius 3 is 3.08 bits per heavy atom. The Hall–Kier alpha value is -0.340. The molecular formula is C6H13N4OP. The molecule has 12 heavy (non-hydrogen) atoms. The molecule has 68 valence electrons. The molecule has 0 aromatic carbocycles. The van der Waals surface area contributed by atoms with Crippen LogP contribution in [0.1, 0.15) is 6.42 Å². The van der Waals surface area contributed by atoms with Gasteiger partial charge in [0.05, 0.1) is 12.6 Å². The van der Waals surface area contributed by atoms with Crippen molar-refractivity contribution >= 4 is 9.39 Å². The van der Waals surface area contributed by atoms with Crippen LogP contribution in [0.15, 0.2) is 5.11 Å². The zero-order chi connectivity index (χ0) is 8.97. The van der Waals surface area contributed by atoms with Gasteiger partial charge in [-0.2, -0.15) is 0 Å². The standard InChI is InChI=1S/C6H13N4OP/c7-9-8-3-6(11)5-1-2-10(12)4-5/h5-6,11H,1-4,12H2/t5-,6+/m0/s1. The molecule has 1 heterocycles. The molecule has 1 saturated heterocycles. The summed E-state index contributed by atoms with van der Waals surface area (Å²) in [5, 5.41) is 12.8. The Kier molecular flexibility index (Phi) is 3.76. The van der Waals surface area contributed by atoms with Gasteiger partial charge >= 0.3 is 0 Å². The highest BCUT2D eigenvalue weighted by Crippen LogP contribution is 2.22. The topological polar surface area (TPSA) is 72.2 Å². The molecule has 1 fully saturated rings. The molecule has 0 aromatic rings. The van der Waals surface area contributed by atoms with Crippen molar-refractivity contribution in [2.45, 2.75) is 12.5 Å². The van der Waals surface area contributed by atoms with Gasteiger partial charge in [0.15, 0.2) is 0 Å². The normalized spacial score (nSPS) is 26.7. The number of nitrogens with zero attached hydrogens (tertiary/aromatic N) is 4. The zero-order valence-corrected chi connectivity index (χ0v) is 7.95. The van der Waals surface area contributed by atoms with Crippen LogP contribution >= 0.6 is 9.39 Å². The minimum atomic E-state index is -0.480. The lowest BCUT2D eigenvalue weighted by Gasteiger charge is -2.15. The summed E-state index contributed by atoms with van der Waals surface area (Å²) in [7, 11) is 2.61. The summed E-state index contributed by atoms with van der Waals surface area (Å²) in [6.07, 6.45) is 0.498. The van der Waals surface area contributed by atoms with Crippen LogP contribution in [0.5, 0.6) is 0 Å². The molecule has 0 aliphatic carbocycles. The van der Waals surface area contributed by atoms with Gasteiger partial charge in [-0.25, -0.2) is 0 Å². The summed E-state index contributed by atoms with van der Waals surface area (Å²) in [6, 6.07) is 0. The molecule has 0 aromatic heterocycles. The third-order valence-corrected chi connectivity index (χ3v) is 2.60. The maximum Gasteiger partial charge on any atom is 0.0637 e. The lowest BCUT2D eigenvalue weighted by Crippen LogP contribution is -2.24.